The molecular formula is C20H19N3O4. The molecule has 7 nitrogen and oxygen atoms in total. The van der Waals surface area contributed by atoms with E-state index in [0.717, 1.165) is 21.6 Å². The van der Waals surface area contributed by atoms with Crippen molar-refractivity contribution in [3.63, 3.8) is 0 Å². The molecule has 0 aliphatic heterocycles. The highest BCUT2D eigenvalue weighted by Crippen LogP contribution is 2.23. The minimum absolute atomic E-state index is 0.118. The molecule has 0 fully saturated rings. The minimum Gasteiger partial charge on any atom is -0.494 e. The second-order valence-corrected chi connectivity index (χ2v) is 5.82. The van der Waals surface area contributed by atoms with Crippen molar-refractivity contribution in [2.24, 2.45) is 4.99 Å². The highest BCUT2D eigenvalue weighted by Gasteiger charge is 2.05. The van der Waals surface area contributed by atoms with Gasteiger partial charge in [-0.05, 0) is 23.3 Å². The first-order valence-corrected chi connectivity index (χ1v) is 8.48. The molecule has 0 saturated carbocycles. The summed E-state index contributed by atoms with van der Waals surface area (Å²) in [6.07, 6.45) is 1.81. The summed E-state index contributed by atoms with van der Waals surface area (Å²) in [5, 5.41) is 20.4. The van der Waals surface area contributed by atoms with E-state index < -0.39 is 4.92 Å². The molecule has 0 atom stereocenters. The Morgan fingerprint density at radius 2 is 1.81 bits per heavy atom. The van der Waals surface area contributed by atoms with Gasteiger partial charge in [0.2, 0.25) is 0 Å². The fourth-order valence-corrected chi connectivity index (χ4v) is 2.55. The summed E-state index contributed by atoms with van der Waals surface area (Å²) in [6, 6.07) is 20.3. The van der Waals surface area contributed by atoms with E-state index in [9.17, 15) is 15.3 Å². The molecule has 3 rings (SSSR count). The van der Waals surface area contributed by atoms with Crippen molar-refractivity contribution in [3.8, 4) is 16.9 Å². The van der Waals surface area contributed by atoms with E-state index in [1.54, 1.807) is 0 Å². The van der Waals surface area contributed by atoms with Gasteiger partial charge in [-0.3, -0.25) is 15.1 Å². The monoisotopic (exact) mass is 365 g/mol. The van der Waals surface area contributed by atoms with Crippen LogP contribution in [0.4, 0.5) is 5.69 Å². The van der Waals surface area contributed by atoms with Crippen LogP contribution in [0.2, 0.25) is 0 Å². The summed E-state index contributed by atoms with van der Waals surface area (Å²) in [6.45, 7) is 0.822. The van der Waals surface area contributed by atoms with Gasteiger partial charge in [-0.2, -0.15) is 4.73 Å². The first-order chi connectivity index (χ1) is 13.1. The van der Waals surface area contributed by atoms with Gasteiger partial charge in [-0.15, -0.1) is 0 Å². The van der Waals surface area contributed by atoms with Gasteiger partial charge in [-0.25, -0.2) is 0 Å². The van der Waals surface area contributed by atoms with Crippen LogP contribution in [-0.2, 0) is 0 Å². The zero-order valence-electron chi connectivity index (χ0n) is 14.6. The van der Waals surface area contributed by atoms with Crippen molar-refractivity contribution in [1.29, 1.82) is 0 Å². The van der Waals surface area contributed by atoms with Crippen LogP contribution in [0, 0.1) is 10.1 Å². The minimum atomic E-state index is -0.526. The van der Waals surface area contributed by atoms with Crippen molar-refractivity contribution in [3.05, 3.63) is 88.5 Å². The molecular weight excluding hydrogens is 346 g/mol. The zero-order chi connectivity index (χ0) is 19.1. The van der Waals surface area contributed by atoms with Gasteiger partial charge in [0.25, 0.3) is 5.69 Å². The number of ether oxygens (including phenoxy) is 1. The number of benzene rings is 2. The smallest absolute Gasteiger partial charge is 0.274 e. The first kappa shape index (κ1) is 18.2. The van der Waals surface area contributed by atoms with Gasteiger partial charge in [0, 0.05) is 19.0 Å². The molecule has 138 valence electrons. The zero-order valence-corrected chi connectivity index (χ0v) is 14.6. The third-order valence-electron chi connectivity index (χ3n) is 3.90. The van der Waals surface area contributed by atoms with Crippen LogP contribution in [0.3, 0.4) is 0 Å². The van der Waals surface area contributed by atoms with Crippen LogP contribution in [0.1, 0.15) is 6.42 Å². The molecule has 1 heterocycles. The van der Waals surface area contributed by atoms with Crippen LogP contribution in [0.5, 0.6) is 5.75 Å². The van der Waals surface area contributed by atoms with Gasteiger partial charge < -0.3 is 9.94 Å². The number of hydrogen-bond acceptors (Lipinski definition) is 5. The highest BCUT2D eigenvalue weighted by atomic mass is 16.6. The Bertz CT molecular complexity index is 984. The van der Waals surface area contributed by atoms with E-state index >= 15 is 0 Å². The Kier molecular flexibility index (Phi) is 5.84. The lowest BCUT2D eigenvalue weighted by atomic mass is 10.1. The maximum absolute atomic E-state index is 10.8. The number of pyridine rings is 1. The molecule has 0 bridgehead atoms. The van der Waals surface area contributed by atoms with Gasteiger partial charge in [0.05, 0.1) is 23.8 Å². The van der Waals surface area contributed by atoms with Crippen LogP contribution < -0.4 is 10.2 Å². The summed E-state index contributed by atoms with van der Waals surface area (Å²) in [5.41, 5.74) is 2.22. The van der Waals surface area contributed by atoms with E-state index in [1.165, 1.54) is 18.3 Å². The predicted octanol–water partition coefficient (Wildman–Crippen LogP) is 3.67. The summed E-state index contributed by atoms with van der Waals surface area (Å²) in [4.78, 5) is 14.4. The largest absolute Gasteiger partial charge is 0.494 e. The third kappa shape index (κ3) is 4.94. The van der Waals surface area contributed by atoms with Gasteiger partial charge in [0.15, 0.2) is 5.49 Å². The second kappa shape index (κ2) is 8.66. The number of nitrogens with zero attached hydrogens (tertiary/aromatic N) is 3. The molecule has 1 aromatic heterocycles. The Morgan fingerprint density at radius 1 is 1.04 bits per heavy atom. The third-order valence-corrected chi connectivity index (χ3v) is 3.90. The molecule has 0 aliphatic carbocycles. The maximum atomic E-state index is 10.8. The fourth-order valence-electron chi connectivity index (χ4n) is 2.55. The molecule has 3 aromatic rings. The van der Waals surface area contributed by atoms with Crippen molar-refractivity contribution in [2.75, 3.05) is 13.2 Å². The molecule has 0 radical (unpaired) electrons. The average Bonchev–Trinajstić information content (AvgIpc) is 2.70. The topological polar surface area (TPSA) is 89.9 Å². The van der Waals surface area contributed by atoms with Gasteiger partial charge in [0.1, 0.15) is 5.75 Å². The Hall–Kier alpha value is -3.61. The summed E-state index contributed by atoms with van der Waals surface area (Å²) >= 11 is 0. The normalized spacial score (nSPS) is 11.3. The Labute approximate surface area is 155 Å². The number of nitro groups is 1. The molecule has 2 aromatic carbocycles. The van der Waals surface area contributed by atoms with E-state index in [4.69, 9.17) is 4.74 Å². The fraction of sp³-hybridized carbons (Fsp3) is 0.150. The van der Waals surface area contributed by atoms with E-state index in [-0.39, 0.29) is 11.2 Å². The van der Waals surface area contributed by atoms with Crippen LogP contribution in [0.25, 0.3) is 11.1 Å². The molecule has 0 amide bonds. The van der Waals surface area contributed by atoms with Crippen molar-refractivity contribution in [1.82, 2.24) is 4.73 Å². The maximum Gasteiger partial charge on any atom is 0.274 e. The molecule has 0 spiro atoms. The van der Waals surface area contributed by atoms with Crippen LogP contribution in [-0.4, -0.2) is 28.0 Å². The number of hydrogen-bond donors (Lipinski definition) is 1. The standard InChI is InChI=1S/C20H19N3O4/c24-22-12-10-18(23(25)26)15-20(22)21-11-5-13-27-19-9-4-8-17(14-19)16-6-2-1-3-7-16/h1-4,6-10,12,14-15,24H,5,11,13H2. The van der Waals surface area contributed by atoms with E-state index in [0.29, 0.717) is 19.6 Å². The Balaban J connectivity index is 1.57. The summed E-state index contributed by atoms with van der Waals surface area (Å²) in [5.74, 6) is 0.768. The predicted molar refractivity (Wildman–Crippen MR) is 101 cm³/mol. The molecule has 7 heteroatoms. The lowest BCUT2D eigenvalue weighted by molar-refractivity contribution is -0.385. The van der Waals surface area contributed by atoms with Crippen molar-refractivity contribution >= 4 is 5.69 Å². The first-order valence-electron chi connectivity index (χ1n) is 8.48. The van der Waals surface area contributed by atoms with E-state index in [2.05, 4.69) is 4.99 Å². The molecule has 0 saturated heterocycles. The average molecular weight is 365 g/mol. The lowest BCUT2D eigenvalue weighted by Gasteiger charge is -2.07. The lowest BCUT2D eigenvalue weighted by Crippen LogP contribution is -2.19. The number of aromatic nitrogens is 1. The summed E-state index contributed by atoms with van der Waals surface area (Å²) < 4.78 is 6.52. The van der Waals surface area contributed by atoms with Crippen LogP contribution >= 0.6 is 0 Å². The van der Waals surface area contributed by atoms with Gasteiger partial charge in [-0.1, -0.05) is 42.5 Å². The highest BCUT2D eigenvalue weighted by molar-refractivity contribution is 5.64. The van der Waals surface area contributed by atoms with Crippen molar-refractivity contribution in [2.45, 2.75) is 6.42 Å². The summed E-state index contributed by atoms with van der Waals surface area (Å²) in [7, 11) is 0. The molecule has 27 heavy (non-hydrogen) atoms. The Morgan fingerprint density at radius 3 is 2.59 bits per heavy atom. The van der Waals surface area contributed by atoms with E-state index in [1.807, 2.05) is 54.6 Å². The molecule has 1 N–H and O–H groups in total. The van der Waals surface area contributed by atoms with Crippen molar-refractivity contribution < 1.29 is 14.9 Å². The molecule has 0 aliphatic rings. The number of rotatable bonds is 7. The SMILES string of the molecule is O=[N+]([O-])c1ccn(O)c(=NCCCOc2cccc(-c3ccccc3)c2)c1. The van der Waals surface area contributed by atoms with Crippen LogP contribution in [0.15, 0.2) is 77.9 Å². The second-order valence-electron chi connectivity index (χ2n) is 5.82. The van der Waals surface area contributed by atoms with Gasteiger partial charge >= 0.3 is 0 Å². The quantitative estimate of drug-likeness (QED) is 0.299. The molecule has 0 unspecified atom stereocenters.